The number of pyridine rings is 1. The number of nitrogens with two attached hydrogens (primary N) is 1. The lowest BCUT2D eigenvalue weighted by molar-refractivity contribution is -0.543. The van der Waals surface area contributed by atoms with Gasteiger partial charge in [-0.2, -0.15) is 4.98 Å². The Hall–Kier alpha value is -3.22. The molecule has 4 rings (SSSR count). The predicted octanol–water partition coefficient (Wildman–Crippen LogP) is 2.23. The number of aliphatic hydroxyl groups is 1. The lowest BCUT2D eigenvalue weighted by atomic mass is 9.99. The number of benzene rings is 2. The fourth-order valence-corrected chi connectivity index (χ4v) is 4.27. The van der Waals surface area contributed by atoms with Crippen molar-refractivity contribution in [3.8, 4) is 0 Å². The van der Waals surface area contributed by atoms with Crippen molar-refractivity contribution in [1.82, 2.24) is 10.3 Å². The number of quaternary nitrogens is 1. The number of hydrogen-bond acceptors (Lipinski definition) is 4. The molecule has 32 heavy (non-hydrogen) atoms. The van der Waals surface area contributed by atoms with E-state index in [0.29, 0.717) is 17.9 Å². The van der Waals surface area contributed by atoms with Crippen molar-refractivity contribution in [3.05, 3.63) is 89.5 Å². The molecule has 2 aromatic carbocycles. The van der Waals surface area contributed by atoms with Crippen LogP contribution in [0.3, 0.4) is 0 Å². The molecule has 3 aromatic rings. The number of aromatic nitrogens is 1. The van der Waals surface area contributed by atoms with Crippen molar-refractivity contribution in [2.45, 2.75) is 24.8 Å². The smallest absolute Gasteiger partial charge is 0.252 e. The molecule has 0 radical (unpaired) electrons. The summed E-state index contributed by atoms with van der Waals surface area (Å²) in [4.78, 5) is 20.1. The highest BCUT2D eigenvalue weighted by molar-refractivity contribution is 5.95. The van der Waals surface area contributed by atoms with Gasteiger partial charge in [0.05, 0.1) is 25.3 Å². The number of hydrogen-bond donors (Lipinski definition) is 3. The molecule has 1 aromatic heterocycles. The van der Waals surface area contributed by atoms with Gasteiger partial charge in [-0.1, -0.05) is 60.7 Å². The third kappa shape index (κ3) is 5.33. The number of carbonyl (C=O) groups is 1. The van der Waals surface area contributed by atoms with Crippen LogP contribution in [0.1, 0.15) is 33.8 Å². The van der Waals surface area contributed by atoms with Crippen LogP contribution in [0.4, 0.5) is 11.6 Å². The molecule has 2 atom stereocenters. The van der Waals surface area contributed by atoms with Crippen LogP contribution in [0.5, 0.6) is 0 Å². The molecule has 1 amide bonds. The first-order valence-electron chi connectivity index (χ1n) is 11.2. The average Bonchev–Trinajstić information content (AvgIpc) is 3.35. The van der Waals surface area contributed by atoms with Crippen molar-refractivity contribution in [1.29, 1.82) is 0 Å². The Morgan fingerprint density at radius 1 is 1.16 bits per heavy atom. The van der Waals surface area contributed by atoms with Gasteiger partial charge in [0.15, 0.2) is 0 Å². The van der Waals surface area contributed by atoms with Crippen LogP contribution >= 0.6 is 0 Å². The van der Waals surface area contributed by atoms with Gasteiger partial charge in [-0.15, -0.1) is 0 Å². The molecule has 0 spiro atoms. The van der Waals surface area contributed by atoms with Gasteiger partial charge in [-0.05, 0) is 30.0 Å². The molecule has 4 N–H and O–H groups in total. The van der Waals surface area contributed by atoms with E-state index in [-0.39, 0.29) is 18.6 Å². The standard InChI is InChI=1S/C26H30N4O2/c1-27-24-15-22(26(32)28-23(18-31)14-19-8-4-2-5-9-19)16-25(29-24)30-13-12-21(17-30)20-10-6-3-7-11-20/h2-11,15-16,21,23,31H,12-14,17-18H2,1H3,(H,27,29)(H,28,32)/p+1. The Bertz CT molecular complexity index is 1030. The average molecular weight is 432 g/mol. The maximum atomic E-state index is 13.0. The minimum Gasteiger partial charge on any atom is -0.394 e. The largest absolute Gasteiger partial charge is 0.394 e. The minimum atomic E-state index is -0.343. The second-order valence-corrected chi connectivity index (χ2v) is 8.31. The normalized spacial score (nSPS) is 16.7. The molecule has 166 valence electrons. The summed E-state index contributed by atoms with van der Waals surface area (Å²) in [5.74, 6) is 1.88. The van der Waals surface area contributed by atoms with Crippen molar-refractivity contribution in [2.24, 2.45) is 0 Å². The van der Waals surface area contributed by atoms with E-state index in [1.807, 2.05) is 54.8 Å². The second-order valence-electron chi connectivity index (χ2n) is 8.31. The topological polar surface area (TPSA) is 82.1 Å². The van der Waals surface area contributed by atoms with Gasteiger partial charge < -0.3 is 15.3 Å². The predicted molar refractivity (Wildman–Crippen MR) is 126 cm³/mol. The maximum absolute atomic E-state index is 13.0. The Morgan fingerprint density at radius 3 is 2.56 bits per heavy atom. The Labute approximate surface area is 189 Å². The summed E-state index contributed by atoms with van der Waals surface area (Å²) in [6.07, 6.45) is 1.65. The van der Waals surface area contributed by atoms with E-state index in [1.54, 1.807) is 6.07 Å². The molecular formula is C26H31N4O2+. The summed E-state index contributed by atoms with van der Waals surface area (Å²) in [6, 6.07) is 23.8. The zero-order valence-corrected chi connectivity index (χ0v) is 18.4. The van der Waals surface area contributed by atoms with Gasteiger partial charge in [0.2, 0.25) is 5.82 Å². The lowest BCUT2D eigenvalue weighted by Gasteiger charge is -2.20. The van der Waals surface area contributed by atoms with Crippen LogP contribution in [-0.2, 0) is 6.42 Å². The van der Waals surface area contributed by atoms with Crippen molar-refractivity contribution >= 4 is 17.5 Å². The first-order chi connectivity index (χ1) is 15.7. The molecular weight excluding hydrogens is 400 g/mol. The molecule has 2 unspecified atom stereocenters. The number of anilines is 1. The van der Waals surface area contributed by atoms with E-state index in [9.17, 15) is 9.90 Å². The minimum absolute atomic E-state index is 0.115. The van der Waals surface area contributed by atoms with Crippen molar-refractivity contribution < 1.29 is 15.2 Å². The number of nitrogens with zero attached hydrogens (tertiary/aromatic N) is 2. The van der Waals surface area contributed by atoms with Gasteiger partial charge in [0.1, 0.15) is 5.82 Å². The molecule has 1 fully saturated rings. The Kier molecular flexibility index (Phi) is 7.14. The second kappa shape index (κ2) is 10.4. The summed E-state index contributed by atoms with van der Waals surface area (Å²) in [5.41, 5.74) is 2.99. The van der Waals surface area contributed by atoms with Gasteiger partial charge in [-0.3, -0.25) is 10.1 Å². The Morgan fingerprint density at radius 2 is 1.88 bits per heavy atom. The number of rotatable bonds is 8. The highest BCUT2D eigenvalue weighted by Gasteiger charge is 2.26. The first kappa shape index (κ1) is 22.0. The number of nitrogens with one attached hydrogen (secondary N) is 1. The van der Waals surface area contributed by atoms with E-state index < -0.39 is 0 Å². The van der Waals surface area contributed by atoms with Crippen LogP contribution in [0.15, 0.2) is 72.8 Å². The Balaban J connectivity index is 1.48. The summed E-state index contributed by atoms with van der Waals surface area (Å²) < 4.78 is 0. The van der Waals surface area contributed by atoms with Crippen LogP contribution in [-0.4, -0.2) is 48.8 Å². The van der Waals surface area contributed by atoms with E-state index in [2.05, 4.69) is 34.5 Å². The molecule has 6 heteroatoms. The molecule has 1 saturated heterocycles. The maximum Gasteiger partial charge on any atom is 0.252 e. The van der Waals surface area contributed by atoms with Gasteiger partial charge in [-0.25, -0.2) is 0 Å². The van der Waals surface area contributed by atoms with Crippen molar-refractivity contribution in [3.63, 3.8) is 0 Å². The highest BCUT2D eigenvalue weighted by atomic mass is 16.3. The number of carbonyl (C=O) groups excluding carboxylic acids is 1. The summed E-state index contributed by atoms with van der Waals surface area (Å²) >= 11 is 0. The van der Waals surface area contributed by atoms with E-state index in [4.69, 9.17) is 4.98 Å². The SMILES string of the molecule is C[NH2+]c1cc(C(=O)NC(CO)Cc2ccccc2)cc(N2CCC(c3ccccc3)C2)n1. The van der Waals surface area contributed by atoms with Crippen LogP contribution in [0.25, 0.3) is 0 Å². The van der Waals surface area contributed by atoms with E-state index >= 15 is 0 Å². The fourth-order valence-electron chi connectivity index (χ4n) is 4.27. The monoisotopic (exact) mass is 431 g/mol. The van der Waals surface area contributed by atoms with Crippen LogP contribution in [0.2, 0.25) is 0 Å². The van der Waals surface area contributed by atoms with E-state index in [1.165, 1.54) is 5.56 Å². The van der Waals surface area contributed by atoms with E-state index in [0.717, 1.165) is 36.7 Å². The number of aliphatic hydroxyl groups excluding tert-OH is 1. The fraction of sp³-hybridized carbons (Fsp3) is 0.308. The highest BCUT2D eigenvalue weighted by Crippen LogP contribution is 2.30. The molecule has 0 aliphatic carbocycles. The first-order valence-corrected chi connectivity index (χ1v) is 11.2. The molecule has 0 saturated carbocycles. The van der Waals surface area contributed by atoms with Gasteiger partial charge in [0.25, 0.3) is 5.91 Å². The number of amides is 1. The quantitative estimate of drug-likeness (QED) is 0.511. The molecule has 1 aliphatic rings. The van der Waals surface area contributed by atoms with Crippen LogP contribution in [0, 0.1) is 0 Å². The molecule has 0 bridgehead atoms. The van der Waals surface area contributed by atoms with Crippen molar-refractivity contribution in [2.75, 3.05) is 31.6 Å². The lowest BCUT2D eigenvalue weighted by Crippen LogP contribution is -2.73. The zero-order valence-electron chi connectivity index (χ0n) is 18.4. The molecule has 2 heterocycles. The molecule has 6 nitrogen and oxygen atoms in total. The summed E-state index contributed by atoms with van der Waals surface area (Å²) in [5, 5.41) is 14.7. The van der Waals surface area contributed by atoms with Gasteiger partial charge >= 0.3 is 0 Å². The third-order valence-electron chi connectivity index (χ3n) is 6.05. The summed E-state index contributed by atoms with van der Waals surface area (Å²) in [7, 11) is 1.93. The summed E-state index contributed by atoms with van der Waals surface area (Å²) in [6.45, 7) is 1.68. The zero-order chi connectivity index (χ0) is 22.3. The molecule has 1 aliphatic heterocycles. The third-order valence-corrected chi connectivity index (χ3v) is 6.05. The van der Waals surface area contributed by atoms with Gasteiger partial charge in [0, 0.05) is 25.1 Å². The van der Waals surface area contributed by atoms with Crippen LogP contribution < -0.4 is 15.5 Å².